The summed E-state index contributed by atoms with van der Waals surface area (Å²) in [4.78, 5) is 28.5. The van der Waals surface area contributed by atoms with Crippen LogP contribution in [0.25, 0.3) is 0 Å². The van der Waals surface area contributed by atoms with Crippen LogP contribution in [-0.2, 0) is 0 Å². The van der Waals surface area contributed by atoms with Gasteiger partial charge in [0.05, 0.1) is 0 Å². The topological polar surface area (TPSA) is 49.4 Å². The Bertz CT molecular complexity index is 820. The molecule has 5 heteroatoms. The molecule has 0 saturated carbocycles. The summed E-state index contributed by atoms with van der Waals surface area (Å²) in [5.41, 5.74) is 1.43. The zero-order valence-corrected chi connectivity index (χ0v) is 16.3. The number of benzene rings is 2. The first kappa shape index (κ1) is 18.3. The van der Waals surface area contributed by atoms with Crippen molar-refractivity contribution in [3.05, 3.63) is 59.7 Å². The number of hydrogen-bond acceptors (Lipinski definition) is 4. The zero-order valence-electron chi connectivity index (χ0n) is 15.5. The van der Waals surface area contributed by atoms with Crippen LogP contribution in [0.1, 0.15) is 40.5 Å². The highest BCUT2D eigenvalue weighted by atomic mass is 32.2. The number of ketones is 1. The van der Waals surface area contributed by atoms with E-state index in [9.17, 15) is 9.59 Å². The molecule has 1 amide bonds. The van der Waals surface area contributed by atoms with Gasteiger partial charge in [0, 0.05) is 40.0 Å². The molecule has 3 atom stereocenters. The van der Waals surface area contributed by atoms with Crippen molar-refractivity contribution < 1.29 is 9.59 Å². The number of amides is 1. The molecule has 2 saturated heterocycles. The monoisotopic (exact) mass is 380 g/mol. The summed E-state index contributed by atoms with van der Waals surface area (Å²) in [5, 5.41) is 3.20. The Hall–Kier alpha value is -2.11. The molecule has 2 aliphatic rings. The molecule has 0 aromatic heterocycles. The summed E-state index contributed by atoms with van der Waals surface area (Å²) < 4.78 is 0. The fourth-order valence-electron chi connectivity index (χ4n) is 4.00. The van der Waals surface area contributed by atoms with Crippen molar-refractivity contribution in [2.24, 2.45) is 5.92 Å². The van der Waals surface area contributed by atoms with Crippen LogP contribution in [0.3, 0.4) is 0 Å². The third kappa shape index (κ3) is 4.42. The number of nitrogens with zero attached hydrogens (tertiary/aromatic N) is 1. The molecular formula is C22H24N2O2S. The lowest BCUT2D eigenvalue weighted by atomic mass is 9.96. The third-order valence-electron chi connectivity index (χ3n) is 5.41. The van der Waals surface area contributed by atoms with E-state index in [0.717, 1.165) is 34.2 Å². The number of carbonyl (C=O) groups is 2. The summed E-state index contributed by atoms with van der Waals surface area (Å²) >= 11 is 1.62. The van der Waals surface area contributed by atoms with Crippen LogP contribution in [0.4, 0.5) is 0 Å². The van der Waals surface area contributed by atoms with Gasteiger partial charge in [0.2, 0.25) is 0 Å². The van der Waals surface area contributed by atoms with E-state index in [2.05, 4.69) is 10.2 Å². The summed E-state index contributed by atoms with van der Waals surface area (Å²) in [6.45, 7) is 4.93. The molecule has 4 nitrogen and oxygen atoms in total. The minimum absolute atomic E-state index is 0.0184. The Balaban J connectivity index is 1.35. The quantitative estimate of drug-likeness (QED) is 0.800. The van der Waals surface area contributed by atoms with Gasteiger partial charge in [-0.15, -0.1) is 0 Å². The highest BCUT2D eigenvalue weighted by Gasteiger charge is 2.32. The highest BCUT2D eigenvalue weighted by Crippen LogP contribution is 2.29. The SMILES string of the molecule is CC(=O)c1ccc(Sc2ccc(C(=O)N[C@@H]3C[C@@H]4CCN(C4)C3)cc2)cc1. The molecule has 4 rings (SSSR count). The molecule has 1 unspecified atom stereocenters. The average molecular weight is 381 g/mol. The van der Waals surface area contributed by atoms with Gasteiger partial charge in [0.25, 0.3) is 5.91 Å². The Morgan fingerprint density at radius 3 is 2.19 bits per heavy atom. The predicted octanol–water partition coefficient (Wildman–Crippen LogP) is 3.86. The normalized spacial score (nSPS) is 23.8. The minimum atomic E-state index is 0.0184. The van der Waals surface area contributed by atoms with Crippen LogP contribution in [0.5, 0.6) is 0 Å². The second-order valence-electron chi connectivity index (χ2n) is 7.53. The largest absolute Gasteiger partial charge is 0.348 e. The standard InChI is InChI=1S/C22H24N2O2S/c1-15(25)17-2-6-20(7-3-17)27-21-8-4-18(5-9-21)22(26)23-19-12-16-10-11-24(13-16)14-19/h2-9,16,19H,10-14H2,1H3,(H,23,26)/t16-,19+/m0/s1. The first-order valence-corrected chi connectivity index (χ1v) is 10.3. The van der Waals surface area contributed by atoms with Gasteiger partial charge in [-0.3, -0.25) is 9.59 Å². The zero-order chi connectivity index (χ0) is 18.8. The lowest BCUT2D eigenvalue weighted by Crippen LogP contribution is -2.47. The van der Waals surface area contributed by atoms with Crippen molar-refractivity contribution in [2.75, 3.05) is 19.6 Å². The summed E-state index contributed by atoms with van der Waals surface area (Å²) in [6.07, 6.45) is 2.37. The van der Waals surface area contributed by atoms with E-state index in [1.54, 1.807) is 18.7 Å². The van der Waals surface area contributed by atoms with E-state index in [1.165, 1.54) is 19.5 Å². The van der Waals surface area contributed by atoms with Crippen LogP contribution in [0.15, 0.2) is 58.3 Å². The highest BCUT2D eigenvalue weighted by molar-refractivity contribution is 7.99. The van der Waals surface area contributed by atoms with E-state index >= 15 is 0 Å². The van der Waals surface area contributed by atoms with Crippen molar-refractivity contribution in [3.8, 4) is 0 Å². The van der Waals surface area contributed by atoms with E-state index in [-0.39, 0.29) is 17.7 Å². The van der Waals surface area contributed by atoms with Gasteiger partial charge in [-0.1, -0.05) is 23.9 Å². The Labute approximate surface area is 164 Å². The average Bonchev–Trinajstić information content (AvgIpc) is 3.01. The van der Waals surface area contributed by atoms with Gasteiger partial charge in [-0.25, -0.2) is 0 Å². The van der Waals surface area contributed by atoms with Crippen molar-refractivity contribution in [2.45, 2.75) is 35.6 Å². The maximum atomic E-state index is 12.5. The third-order valence-corrected chi connectivity index (χ3v) is 6.43. The van der Waals surface area contributed by atoms with E-state index in [1.807, 2.05) is 48.5 Å². The number of piperidine rings is 1. The predicted molar refractivity (Wildman–Crippen MR) is 107 cm³/mol. The Morgan fingerprint density at radius 2 is 1.59 bits per heavy atom. The van der Waals surface area contributed by atoms with Crippen molar-refractivity contribution in [1.29, 1.82) is 0 Å². The first-order valence-electron chi connectivity index (χ1n) is 9.49. The number of nitrogens with one attached hydrogen (secondary N) is 1. The molecule has 0 radical (unpaired) electrons. The number of hydrogen-bond donors (Lipinski definition) is 1. The first-order chi connectivity index (χ1) is 13.1. The van der Waals surface area contributed by atoms with Gasteiger partial charge >= 0.3 is 0 Å². The lowest BCUT2D eigenvalue weighted by molar-refractivity contribution is 0.0908. The van der Waals surface area contributed by atoms with E-state index in [4.69, 9.17) is 0 Å². The Morgan fingerprint density at radius 1 is 0.963 bits per heavy atom. The van der Waals surface area contributed by atoms with Gasteiger partial charge in [0.1, 0.15) is 0 Å². The van der Waals surface area contributed by atoms with Crippen molar-refractivity contribution >= 4 is 23.5 Å². The van der Waals surface area contributed by atoms with Crippen LogP contribution in [-0.4, -0.2) is 42.3 Å². The molecule has 2 aliphatic heterocycles. The van der Waals surface area contributed by atoms with Gasteiger partial charge < -0.3 is 10.2 Å². The lowest BCUT2D eigenvalue weighted by Gasteiger charge is -2.30. The second kappa shape index (κ2) is 7.87. The molecule has 0 spiro atoms. The fourth-order valence-corrected chi connectivity index (χ4v) is 4.82. The van der Waals surface area contributed by atoms with Crippen LogP contribution >= 0.6 is 11.8 Å². The number of Topliss-reactive ketones (excluding diaryl/α,β-unsaturated/α-hetero) is 1. The smallest absolute Gasteiger partial charge is 0.251 e. The molecule has 2 aromatic carbocycles. The van der Waals surface area contributed by atoms with Crippen molar-refractivity contribution in [1.82, 2.24) is 10.2 Å². The summed E-state index contributed by atoms with van der Waals surface area (Å²) in [6, 6.07) is 15.6. The number of carbonyl (C=O) groups excluding carboxylic acids is 2. The fraction of sp³-hybridized carbons (Fsp3) is 0.364. The summed E-state index contributed by atoms with van der Waals surface area (Å²) in [5.74, 6) is 0.840. The van der Waals surface area contributed by atoms with E-state index < -0.39 is 0 Å². The molecule has 1 N–H and O–H groups in total. The molecular weight excluding hydrogens is 356 g/mol. The van der Waals surface area contributed by atoms with Gasteiger partial charge in [-0.05, 0) is 68.6 Å². The number of fused-ring (bicyclic) bond motifs is 2. The van der Waals surface area contributed by atoms with Crippen LogP contribution in [0, 0.1) is 5.92 Å². The second-order valence-corrected chi connectivity index (χ2v) is 8.67. The molecule has 2 heterocycles. The van der Waals surface area contributed by atoms with Crippen LogP contribution in [0.2, 0.25) is 0 Å². The maximum absolute atomic E-state index is 12.5. The number of rotatable bonds is 5. The summed E-state index contributed by atoms with van der Waals surface area (Å²) in [7, 11) is 0. The Kier molecular flexibility index (Phi) is 5.32. The van der Waals surface area contributed by atoms with Crippen molar-refractivity contribution in [3.63, 3.8) is 0 Å². The molecule has 2 fully saturated rings. The van der Waals surface area contributed by atoms with E-state index in [0.29, 0.717) is 5.56 Å². The van der Waals surface area contributed by atoms with Crippen LogP contribution < -0.4 is 5.32 Å². The molecule has 0 aliphatic carbocycles. The maximum Gasteiger partial charge on any atom is 0.251 e. The van der Waals surface area contributed by atoms with Gasteiger partial charge in [-0.2, -0.15) is 0 Å². The van der Waals surface area contributed by atoms with Gasteiger partial charge in [0.15, 0.2) is 5.78 Å². The molecule has 27 heavy (non-hydrogen) atoms. The minimum Gasteiger partial charge on any atom is -0.348 e. The molecule has 140 valence electrons. The molecule has 2 aromatic rings. The molecule has 2 bridgehead atoms.